The molecule has 0 aliphatic heterocycles. The molecule has 28 heavy (non-hydrogen) atoms. The summed E-state index contributed by atoms with van der Waals surface area (Å²) >= 11 is 1.33. The molecule has 0 unspecified atom stereocenters. The molecule has 0 saturated carbocycles. The molecule has 0 saturated heterocycles. The molecule has 0 spiro atoms. The van der Waals surface area contributed by atoms with Gasteiger partial charge in [0.15, 0.2) is 0 Å². The molecule has 1 atom stereocenters. The fourth-order valence-corrected chi connectivity index (χ4v) is 3.53. The van der Waals surface area contributed by atoms with E-state index in [-0.39, 0.29) is 17.6 Å². The van der Waals surface area contributed by atoms with E-state index in [1.165, 1.54) is 11.8 Å². The molecule has 6 heteroatoms. The summed E-state index contributed by atoms with van der Waals surface area (Å²) in [6, 6.07) is 20.0. The second-order valence-electron chi connectivity index (χ2n) is 7.07. The zero-order valence-electron chi connectivity index (χ0n) is 16.1. The van der Waals surface area contributed by atoms with Crippen LogP contribution in [0.2, 0.25) is 0 Å². The molecule has 1 amide bonds. The number of aromatic nitrogens is 2. The van der Waals surface area contributed by atoms with Gasteiger partial charge >= 0.3 is 0 Å². The van der Waals surface area contributed by atoms with Crippen molar-refractivity contribution in [3.63, 3.8) is 0 Å². The average molecular weight is 391 g/mol. The summed E-state index contributed by atoms with van der Waals surface area (Å²) < 4.78 is 0. The molecule has 0 radical (unpaired) electrons. The van der Waals surface area contributed by atoms with E-state index in [4.69, 9.17) is 0 Å². The summed E-state index contributed by atoms with van der Waals surface area (Å²) in [6.45, 7) is 5.57. The van der Waals surface area contributed by atoms with Crippen molar-refractivity contribution in [1.82, 2.24) is 15.5 Å². The van der Waals surface area contributed by atoms with Crippen molar-refractivity contribution >= 4 is 28.4 Å². The predicted molar refractivity (Wildman–Crippen MR) is 113 cm³/mol. The minimum Gasteiger partial charge on any atom is -0.337 e. The van der Waals surface area contributed by atoms with E-state index in [0.29, 0.717) is 5.03 Å². The number of carbonyl (C=O) groups is 1. The van der Waals surface area contributed by atoms with Crippen molar-refractivity contribution in [3.05, 3.63) is 54.6 Å². The van der Waals surface area contributed by atoms with Gasteiger partial charge in [0.1, 0.15) is 16.3 Å². The third-order valence-electron chi connectivity index (χ3n) is 4.83. The maximum Gasteiger partial charge on any atom is 0.231 e. The molecule has 1 aromatic heterocycles. The second kappa shape index (κ2) is 8.41. The van der Waals surface area contributed by atoms with Gasteiger partial charge in [-0.1, -0.05) is 80.2 Å². The van der Waals surface area contributed by atoms with Gasteiger partial charge in [0.2, 0.25) is 5.91 Å². The number of thioether (sulfide) groups is 1. The Kier molecular flexibility index (Phi) is 5.96. The lowest BCUT2D eigenvalue weighted by Gasteiger charge is -2.27. The van der Waals surface area contributed by atoms with Gasteiger partial charge in [-0.25, -0.2) is 0 Å². The van der Waals surface area contributed by atoms with Crippen LogP contribution in [0.5, 0.6) is 0 Å². The van der Waals surface area contributed by atoms with Gasteiger partial charge in [0.05, 0.1) is 11.8 Å². The van der Waals surface area contributed by atoms with Gasteiger partial charge in [0, 0.05) is 16.3 Å². The first-order chi connectivity index (χ1) is 13.4. The lowest BCUT2D eigenvalue weighted by molar-refractivity contribution is -0.120. The molecule has 0 bridgehead atoms. The van der Waals surface area contributed by atoms with Crippen LogP contribution in [-0.2, 0) is 4.79 Å². The van der Waals surface area contributed by atoms with Crippen LogP contribution < -0.4 is 5.32 Å². The number of nitrogens with zero attached hydrogens (tertiary/aromatic N) is 3. The van der Waals surface area contributed by atoms with Gasteiger partial charge in [-0.3, -0.25) is 4.79 Å². The van der Waals surface area contributed by atoms with Crippen molar-refractivity contribution in [2.45, 2.75) is 31.3 Å². The lowest BCUT2D eigenvalue weighted by atomic mass is 9.90. The monoisotopic (exact) mass is 390 g/mol. The van der Waals surface area contributed by atoms with Gasteiger partial charge in [-0.05, 0) is 12.8 Å². The van der Waals surface area contributed by atoms with Crippen molar-refractivity contribution in [1.29, 1.82) is 5.26 Å². The molecule has 0 fully saturated rings. The topological polar surface area (TPSA) is 78.7 Å². The highest BCUT2D eigenvalue weighted by atomic mass is 32.2. The molecule has 0 aliphatic rings. The zero-order chi connectivity index (χ0) is 20.1. The molecule has 142 valence electrons. The number of hydrogen-bond donors (Lipinski definition) is 1. The van der Waals surface area contributed by atoms with Gasteiger partial charge in [0.25, 0.3) is 0 Å². The summed E-state index contributed by atoms with van der Waals surface area (Å²) in [5, 5.41) is 23.7. The van der Waals surface area contributed by atoms with Crippen molar-refractivity contribution in [2.24, 2.45) is 5.92 Å². The Balaban J connectivity index is 1.84. The normalized spacial score (nSPS) is 13.1. The first-order valence-corrected chi connectivity index (χ1v) is 10.1. The van der Waals surface area contributed by atoms with E-state index in [9.17, 15) is 10.1 Å². The Labute approximate surface area is 169 Å². The van der Waals surface area contributed by atoms with Gasteiger partial charge in [-0.2, -0.15) is 5.26 Å². The van der Waals surface area contributed by atoms with E-state index in [0.717, 1.165) is 22.0 Å². The summed E-state index contributed by atoms with van der Waals surface area (Å²) in [7, 11) is 0. The van der Waals surface area contributed by atoms with Crippen LogP contribution in [0.4, 0.5) is 0 Å². The minimum absolute atomic E-state index is 0.0113. The van der Waals surface area contributed by atoms with Crippen LogP contribution in [0.3, 0.4) is 0 Å². The molecule has 0 aliphatic carbocycles. The maximum atomic E-state index is 12.4. The van der Waals surface area contributed by atoms with Crippen LogP contribution in [0, 0.1) is 17.2 Å². The zero-order valence-corrected chi connectivity index (χ0v) is 17.0. The summed E-state index contributed by atoms with van der Waals surface area (Å²) in [5.41, 5.74) is 0.937. The van der Waals surface area contributed by atoms with E-state index in [1.54, 1.807) is 6.92 Å². The fraction of sp³-hybridized carbons (Fsp3) is 0.273. The third kappa shape index (κ3) is 4.15. The number of nitriles is 1. The van der Waals surface area contributed by atoms with E-state index in [1.807, 2.05) is 68.4 Å². The highest BCUT2D eigenvalue weighted by molar-refractivity contribution is 8.00. The average Bonchev–Trinajstić information content (AvgIpc) is 2.72. The van der Waals surface area contributed by atoms with Crippen LogP contribution in [0.15, 0.2) is 59.6 Å². The molecule has 3 rings (SSSR count). The number of nitrogens with one attached hydrogen (secondary N) is 1. The molecular formula is C22H22N4OS. The fourth-order valence-electron chi connectivity index (χ4n) is 2.76. The van der Waals surface area contributed by atoms with E-state index >= 15 is 0 Å². The molecular weight excluding hydrogens is 368 g/mol. The number of benzene rings is 2. The number of rotatable bonds is 6. The standard InChI is InChI=1S/C22H22N4OS/c1-15(2)22(3,14-23)24-19(27)13-28-21-18-12-8-7-11-17(18)20(25-26-21)16-9-5-4-6-10-16/h4-12,15H,13H2,1-3H3,(H,24,27)/t22-/m0/s1. The predicted octanol–water partition coefficient (Wildman–Crippen LogP) is 4.44. The molecule has 1 heterocycles. The first kappa shape index (κ1) is 19.8. The highest BCUT2D eigenvalue weighted by Crippen LogP contribution is 2.31. The third-order valence-corrected chi connectivity index (χ3v) is 5.81. The Bertz CT molecular complexity index is 1030. The van der Waals surface area contributed by atoms with Crippen LogP contribution >= 0.6 is 11.8 Å². The smallest absolute Gasteiger partial charge is 0.231 e. The lowest BCUT2D eigenvalue weighted by Crippen LogP contribution is -2.49. The first-order valence-electron chi connectivity index (χ1n) is 9.10. The molecule has 1 N–H and O–H groups in total. The summed E-state index contributed by atoms with van der Waals surface area (Å²) in [4.78, 5) is 12.4. The minimum atomic E-state index is -0.886. The van der Waals surface area contributed by atoms with Crippen LogP contribution in [-0.4, -0.2) is 27.4 Å². The van der Waals surface area contributed by atoms with Crippen LogP contribution in [0.1, 0.15) is 20.8 Å². The summed E-state index contributed by atoms with van der Waals surface area (Å²) in [5.74, 6) is -0.00846. The van der Waals surface area contributed by atoms with Crippen molar-refractivity contribution < 1.29 is 4.79 Å². The number of hydrogen-bond acceptors (Lipinski definition) is 5. The van der Waals surface area contributed by atoms with Crippen molar-refractivity contribution in [2.75, 3.05) is 5.75 Å². The quantitative estimate of drug-likeness (QED) is 0.629. The second-order valence-corrected chi connectivity index (χ2v) is 8.04. The Morgan fingerprint density at radius 1 is 1.11 bits per heavy atom. The van der Waals surface area contributed by atoms with E-state index in [2.05, 4.69) is 21.6 Å². The van der Waals surface area contributed by atoms with Gasteiger partial charge in [-0.15, -0.1) is 10.2 Å². The Hall–Kier alpha value is -2.91. The SMILES string of the molecule is CC(C)[C@](C)(C#N)NC(=O)CSc1nnc(-c2ccccc2)c2ccccc12. The Morgan fingerprint density at radius 2 is 1.75 bits per heavy atom. The van der Waals surface area contributed by atoms with Crippen molar-refractivity contribution in [3.8, 4) is 17.3 Å². The van der Waals surface area contributed by atoms with E-state index < -0.39 is 5.54 Å². The number of fused-ring (bicyclic) bond motifs is 1. The molecule has 5 nitrogen and oxygen atoms in total. The maximum absolute atomic E-state index is 12.4. The van der Waals surface area contributed by atoms with Gasteiger partial charge < -0.3 is 5.32 Å². The molecule has 3 aromatic rings. The number of amides is 1. The Morgan fingerprint density at radius 3 is 2.39 bits per heavy atom. The molecule has 2 aromatic carbocycles. The highest BCUT2D eigenvalue weighted by Gasteiger charge is 2.29. The largest absolute Gasteiger partial charge is 0.337 e. The van der Waals surface area contributed by atoms with Crippen LogP contribution in [0.25, 0.3) is 22.0 Å². The number of carbonyl (C=O) groups excluding carboxylic acids is 1. The summed E-state index contributed by atoms with van der Waals surface area (Å²) in [6.07, 6.45) is 0.